The molecule has 0 bridgehead atoms. The minimum atomic E-state index is -0.880. The number of hydrogen-bond donors (Lipinski definition) is 1. The normalized spacial score (nSPS) is 23.3. The Morgan fingerprint density at radius 3 is 2.64 bits per heavy atom. The van der Waals surface area contributed by atoms with Crippen molar-refractivity contribution in [3.05, 3.63) is 29.3 Å². The number of amides is 3. The van der Waals surface area contributed by atoms with Crippen LogP contribution < -0.4 is 10.2 Å². The van der Waals surface area contributed by atoms with Crippen molar-refractivity contribution in [2.45, 2.75) is 38.1 Å². The third-order valence-corrected chi connectivity index (χ3v) is 4.36. The molecule has 0 aliphatic carbocycles. The second-order valence-electron chi connectivity index (χ2n) is 6.13. The molecule has 2 aliphatic heterocycles. The van der Waals surface area contributed by atoms with E-state index in [0.717, 1.165) is 6.29 Å². The summed E-state index contributed by atoms with van der Waals surface area (Å²) >= 11 is 0. The van der Waals surface area contributed by atoms with Crippen molar-refractivity contribution < 1.29 is 19.2 Å². The number of piperidine rings is 1. The molecule has 1 unspecified atom stereocenters. The van der Waals surface area contributed by atoms with Gasteiger partial charge >= 0.3 is 0 Å². The van der Waals surface area contributed by atoms with Crippen molar-refractivity contribution in [1.82, 2.24) is 5.32 Å². The van der Waals surface area contributed by atoms with Gasteiger partial charge in [-0.05, 0) is 26.3 Å². The number of anilines is 1. The van der Waals surface area contributed by atoms with Crippen LogP contribution in [0, 0.1) is 0 Å². The summed E-state index contributed by atoms with van der Waals surface area (Å²) in [7, 11) is 0. The molecule has 1 fully saturated rings. The van der Waals surface area contributed by atoms with E-state index in [0.29, 0.717) is 16.8 Å². The Hall–Kier alpha value is -2.50. The maximum Gasteiger partial charge on any atom is 0.249 e. The van der Waals surface area contributed by atoms with Gasteiger partial charge < -0.3 is 0 Å². The lowest BCUT2D eigenvalue weighted by Gasteiger charge is -2.31. The Kier molecular flexibility index (Phi) is 3.12. The van der Waals surface area contributed by atoms with E-state index in [-0.39, 0.29) is 24.7 Å². The van der Waals surface area contributed by atoms with Crippen LogP contribution in [0.4, 0.5) is 5.69 Å². The number of nitrogens with one attached hydrogen (secondary N) is 1. The second-order valence-corrected chi connectivity index (χ2v) is 6.13. The van der Waals surface area contributed by atoms with Gasteiger partial charge in [-0.25, -0.2) is 0 Å². The number of carbonyl (C=O) groups excluding carboxylic acids is 4. The Labute approximate surface area is 127 Å². The molecule has 0 aromatic heterocycles. The molecule has 3 rings (SSSR count). The summed E-state index contributed by atoms with van der Waals surface area (Å²) < 4.78 is 0. The van der Waals surface area contributed by atoms with Crippen molar-refractivity contribution in [1.29, 1.82) is 0 Å². The second kappa shape index (κ2) is 4.76. The van der Waals surface area contributed by atoms with Crippen molar-refractivity contribution >= 4 is 29.7 Å². The molecule has 1 aromatic rings. The molecular formula is C16H16N2O4. The number of fused-ring (bicyclic) bond motifs is 1. The van der Waals surface area contributed by atoms with Crippen molar-refractivity contribution in [3.8, 4) is 0 Å². The first-order valence-corrected chi connectivity index (χ1v) is 7.14. The fraction of sp³-hybridized carbons (Fsp3) is 0.375. The van der Waals surface area contributed by atoms with Gasteiger partial charge in [-0.1, -0.05) is 12.1 Å². The van der Waals surface area contributed by atoms with Gasteiger partial charge in [0.15, 0.2) is 0 Å². The number of imide groups is 1. The molecule has 2 aliphatic rings. The molecule has 6 heteroatoms. The van der Waals surface area contributed by atoms with E-state index in [1.54, 1.807) is 32.0 Å². The Morgan fingerprint density at radius 1 is 1.27 bits per heavy atom. The number of hydrogen-bond acceptors (Lipinski definition) is 4. The summed E-state index contributed by atoms with van der Waals surface area (Å²) in [4.78, 5) is 49.0. The van der Waals surface area contributed by atoms with Crippen LogP contribution in [0.5, 0.6) is 0 Å². The van der Waals surface area contributed by atoms with Gasteiger partial charge in [0.2, 0.25) is 17.7 Å². The maximum absolute atomic E-state index is 12.8. The van der Waals surface area contributed by atoms with Crippen LogP contribution in [-0.2, 0) is 19.8 Å². The highest BCUT2D eigenvalue weighted by atomic mass is 16.2. The van der Waals surface area contributed by atoms with Gasteiger partial charge in [-0.2, -0.15) is 0 Å². The Balaban J connectivity index is 2.12. The molecule has 0 radical (unpaired) electrons. The van der Waals surface area contributed by atoms with Gasteiger partial charge in [0.25, 0.3) is 0 Å². The standard InChI is InChI=1S/C16H16N2O4/c1-16(2)13-9(8-19)4-3-5-10(13)18(15(16)22)11-6-7-12(20)17-14(11)21/h3-5,8,11H,6-7H2,1-2H3,(H,17,20,21). The van der Waals surface area contributed by atoms with Gasteiger partial charge in [-0.3, -0.25) is 29.4 Å². The first kappa shape index (κ1) is 14.4. The fourth-order valence-electron chi connectivity index (χ4n) is 3.29. The number of benzene rings is 1. The van der Waals surface area contributed by atoms with E-state index in [1.807, 2.05) is 0 Å². The summed E-state index contributed by atoms with van der Waals surface area (Å²) in [6, 6.07) is 4.37. The maximum atomic E-state index is 12.8. The molecule has 0 spiro atoms. The molecule has 3 amide bonds. The van der Waals surface area contributed by atoms with Crippen LogP contribution in [0.15, 0.2) is 18.2 Å². The van der Waals surface area contributed by atoms with Crippen LogP contribution in [0.25, 0.3) is 0 Å². The summed E-state index contributed by atoms with van der Waals surface area (Å²) in [6.45, 7) is 3.49. The van der Waals surface area contributed by atoms with Crippen molar-refractivity contribution in [2.24, 2.45) is 0 Å². The molecule has 1 aromatic carbocycles. The average molecular weight is 300 g/mol. The van der Waals surface area contributed by atoms with Crippen LogP contribution in [0.3, 0.4) is 0 Å². The minimum absolute atomic E-state index is 0.198. The van der Waals surface area contributed by atoms with Gasteiger partial charge in [0.1, 0.15) is 12.3 Å². The first-order chi connectivity index (χ1) is 10.4. The predicted octanol–water partition coefficient (Wildman–Crippen LogP) is 0.928. The zero-order valence-electron chi connectivity index (χ0n) is 12.4. The van der Waals surface area contributed by atoms with E-state index in [9.17, 15) is 19.2 Å². The third-order valence-electron chi connectivity index (χ3n) is 4.36. The lowest BCUT2D eigenvalue weighted by molar-refractivity contribution is -0.136. The Bertz CT molecular complexity index is 708. The molecule has 2 heterocycles. The number of aldehydes is 1. The quantitative estimate of drug-likeness (QED) is 0.650. The number of nitrogens with zero attached hydrogens (tertiary/aromatic N) is 1. The highest BCUT2D eigenvalue weighted by Crippen LogP contribution is 2.44. The number of rotatable bonds is 2. The zero-order chi connectivity index (χ0) is 16.1. The lowest BCUT2D eigenvalue weighted by atomic mass is 9.83. The number of carbonyl (C=O) groups is 4. The average Bonchev–Trinajstić information content (AvgIpc) is 2.68. The fourth-order valence-corrected chi connectivity index (χ4v) is 3.29. The largest absolute Gasteiger partial charge is 0.299 e. The zero-order valence-corrected chi connectivity index (χ0v) is 12.4. The highest BCUT2D eigenvalue weighted by Gasteiger charge is 2.49. The molecular weight excluding hydrogens is 284 g/mol. The monoisotopic (exact) mass is 300 g/mol. The highest BCUT2D eigenvalue weighted by molar-refractivity contribution is 6.14. The SMILES string of the molecule is CC1(C)C(=O)N(C2CCC(=O)NC2=O)c2cccc(C=O)c21. The predicted molar refractivity (Wildman–Crippen MR) is 78.5 cm³/mol. The van der Waals surface area contributed by atoms with Crippen LogP contribution in [-0.4, -0.2) is 30.0 Å². The van der Waals surface area contributed by atoms with E-state index in [2.05, 4.69) is 5.32 Å². The molecule has 6 nitrogen and oxygen atoms in total. The smallest absolute Gasteiger partial charge is 0.249 e. The van der Waals surface area contributed by atoms with Crippen LogP contribution in [0.1, 0.15) is 42.6 Å². The summed E-state index contributed by atoms with van der Waals surface area (Å²) in [5.74, 6) is -1.02. The van der Waals surface area contributed by atoms with E-state index in [1.165, 1.54) is 4.90 Å². The molecule has 114 valence electrons. The molecule has 0 saturated carbocycles. The third kappa shape index (κ3) is 1.87. The van der Waals surface area contributed by atoms with Crippen molar-refractivity contribution in [2.75, 3.05) is 4.90 Å². The summed E-state index contributed by atoms with van der Waals surface area (Å²) in [5, 5.41) is 2.27. The summed E-state index contributed by atoms with van der Waals surface area (Å²) in [5.41, 5.74) is 0.786. The van der Waals surface area contributed by atoms with Crippen LogP contribution in [0.2, 0.25) is 0 Å². The molecule has 1 N–H and O–H groups in total. The van der Waals surface area contributed by atoms with Gasteiger partial charge in [0, 0.05) is 23.2 Å². The topological polar surface area (TPSA) is 83.6 Å². The van der Waals surface area contributed by atoms with E-state index >= 15 is 0 Å². The van der Waals surface area contributed by atoms with Crippen LogP contribution >= 0.6 is 0 Å². The van der Waals surface area contributed by atoms with Gasteiger partial charge in [0.05, 0.1) is 5.41 Å². The molecule has 1 saturated heterocycles. The summed E-state index contributed by atoms with van der Waals surface area (Å²) in [6.07, 6.45) is 1.21. The van der Waals surface area contributed by atoms with E-state index in [4.69, 9.17) is 0 Å². The van der Waals surface area contributed by atoms with E-state index < -0.39 is 17.4 Å². The lowest BCUT2D eigenvalue weighted by Crippen LogP contribution is -2.55. The first-order valence-electron chi connectivity index (χ1n) is 7.14. The molecule has 22 heavy (non-hydrogen) atoms. The Morgan fingerprint density at radius 2 is 2.00 bits per heavy atom. The van der Waals surface area contributed by atoms with Gasteiger partial charge in [-0.15, -0.1) is 0 Å². The van der Waals surface area contributed by atoms with Crippen molar-refractivity contribution in [3.63, 3.8) is 0 Å². The minimum Gasteiger partial charge on any atom is -0.299 e. The molecule has 1 atom stereocenters.